The van der Waals surface area contributed by atoms with Crippen LogP contribution in [0.2, 0.25) is 0 Å². The monoisotopic (exact) mass is 236 g/mol. The Labute approximate surface area is 104 Å². The van der Waals surface area contributed by atoms with Gasteiger partial charge in [-0.05, 0) is 37.0 Å². The van der Waals surface area contributed by atoms with E-state index >= 15 is 0 Å². The Morgan fingerprint density at radius 1 is 1.24 bits per heavy atom. The van der Waals surface area contributed by atoms with Gasteiger partial charge in [0.05, 0.1) is 12.2 Å². The van der Waals surface area contributed by atoms with Crippen molar-refractivity contribution in [1.29, 1.82) is 0 Å². The number of nitrogens with one attached hydrogen (secondary N) is 1. The summed E-state index contributed by atoms with van der Waals surface area (Å²) in [7, 11) is 0. The van der Waals surface area contributed by atoms with Crippen molar-refractivity contribution in [1.82, 2.24) is 10.2 Å². The summed E-state index contributed by atoms with van der Waals surface area (Å²) in [6.07, 6.45) is 7.14. The van der Waals surface area contributed by atoms with Crippen LogP contribution in [0.3, 0.4) is 0 Å². The molecule has 1 N–H and O–H groups in total. The maximum absolute atomic E-state index is 12.5. The molecule has 3 nitrogen and oxygen atoms in total. The van der Waals surface area contributed by atoms with Gasteiger partial charge in [0.25, 0.3) is 0 Å². The van der Waals surface area contributed by atoms with Crippen molar-refractivity contribution in [3.8, 4) is 0 Å². The van der Waals surface area contributed by atoms with Crippen molar-refractivity contribution in [2.24, 2.45) is 11.3 Å². The number of hydrogen-bond donors (Lipinski definition) is 1. The summed E-state index contributed by atoms with van der Waals surface area (Å²) < 4.78 is 0. The van der Waals surface area contributed by atoms with Crippen LogP contribution in [0.25, 0.3) is 0 Å². The minimum atomic E-state index is -0.160. The lowest BCUT2D eigenvalue weighted by Crippen LogP contribution is -2.44. The van der Waals surface area contributed by atoms with E-state index in [1.54, 1.807) is 0 Å². The van der Waals surface area contributed by atoms with E-state index in [-0.39, 0.29) is 5.54 Å². The predicted octanol–water partition coefficient (Wildman–Crippen LogP) is 2.12. The Kier molecular flexibility index (Phi) is 2.51. The van der Waals surface area contributed by atoms with Crippen LogP contribution >= 0.6 is 0 Å². The quantitative estimate of drug-likeness (QED) is 0.814. The summed E-state index contributed by atoms with van der Waals surface area (Å²) in [6.45, 7) is 6.37. The van der Waals surface area contributed by atoms with Gasteiger partial charge in [0.1, 0.15) is 0 Å². The van der Waals surface area contributed by atoms with Crippen LogP contribution in [-0.2, 0) is 4.79 Å². The lowest BCUT2D eigenvalue weighted by atomic mass is 9.91. The number of carbonyl (C=O) groups excluding carboxylic acids is 1. The SMILES string of the molecule is CC(C)C1(CN2CNC3(CCCC3)C2=O)CC1. The van der Waals surface area contributed by atoms with Crippen molar-refractivity contribution in [2.45, 2.75) is 57.9 Å². The molecule has 3 rings (SSSR count). The Morgan fingerprint density at radius 2 is 1.88 bits per heavy atom. The Morgan fingerprint density at radius 3 is 2.41 bits per heavy atom. The van der Waals surface area contributed by atoms with Crippen LogP contribution in [0.1, 0.15) is 52.4 Å². The third-order valence-electron chi connectivity index (χ3n) is 5.38. The maximum atomic E-state index is 12.5. The summed E-state index contributed by atoms with van der Waals surface area (Å²) in [4.78, 5) is 14.6. The number of rotatable bonds is 3. The molecule has 0 bridgehead atoms. The molecule has 3 fully saturated rings. The molecule has 1 amide bonds. The van der Waals surface area contributed by atoms with Crippen LogP contribution in [0, 0.1) is 11.3 Å². The van der Waals surface area contributed by atoms with E-state index < -0.39 is 0 Å². The van der Waals surface area contributed by atoms with E-state index in [1.165, 1.54) is 25.7 Å². The molecule has 3 heteroatoms. The van der Waals surface area contributed by atoms with E-state index in [9.17, 15) is 4.79 Å². The predicted molar refractivity (Wildman–Crippen MR) is 67.4 cm³/mol. The molecule has 96 valence electrons. The first-order chi connectivity index (χ1) is 8.08. The molecular weight excluding hydrogens is 212 g/mol. The summed E-state index contributed by atoms with van der Waals surface area (Å²) in [5, 5.41) is 3.50. The fourth-order valence-corrected chi connectivity index (χ4v) is 3.65. The lowest BCUT2D eigenvalue weighted by Gasteiger charge is -2.27. The lowest BCUT2D eigenvalue weighted by molar-refractivity contribution is -0.133. The fourth-order valence-electron chi connectivity index (χ4n) is 3.65. The summed E-state index contributed by atoms with van der Waals surface area (Å²) in [5.41, 5.74) is 0.286. The second-order valence-electron chi connectivity index (χ2n) is 6.64. The first-order valence-electron chi connectivity index (χ1n) is 7.12. The molecule has 0 aromatic carbocycles. The highest BCUT2D eigenvalue weighted by atomic mass is 16.2. The van der Waals surface area contributed by atoms with Crippen molar-refractivity contribution < 1.29 is 4.79 Å². The van der Waals surface area contributed by atoms with Gasteiger partial charge in [0.15, 0.2) is 0 Å². The molecule has 1 aliphatic heterocycles. The molecule has 0 unspecified atom stereocenters. The highest BCUT2D eigenvalue weighted by Gasteiger charge is 2.53. The molecule has 0 aromatic rings. The van der Waals surface area contributed by atoms with Gasteiger partial charge < -0.3 is 4.90 Å². The Balaban J connectivity index is 1.68. The van der Waals surface area contributed by atoms with Crippen LogP contribution < -0.4 is 5.32 Å². The number of hydrogen-bond acceptors (Lipinski definition) is 2. The van der Waals surface area contributed by atoms with E-state index in [2.05, 4.69) is 24.1 Å². The molecule has 3 aliphatic rings. The van der Waals surface area contributed by atoms with E-state index in [0.717, 1.165) is 26.1 Å². The number of amides is 1. The van der Waals surface area contributed by atoms with Gasteiger partial charge in [-0.1, -0.05) is 26.7 Å². The largest absolute Gasteiger partial charge is 0.328 e. The standard InChI is InChI=1S/C14H24N2O/c1-11(2)13(7-8-13)9-16-10-15-14(12(16)17)5-3-4-6-14/h11,15H,3-10H2,1-2H3. The van der Waals surface area contributed by atoms with Gasteiger partial charge >= 0.3 is 0 Å². The molecule has 0 aromatic heterocycles. The van der Waals surface area contributed by atoms with Crippen LogP contribution in [0.5, 0.6) is 0 Å². The van der Waals surface area contributed by atoms with Gasteiger partial charge in [0.2, 0.25) is 5.91 Å². The third kappa shape index (κ3) is 1.70. The molecular formula is C14H24N2O. The molecule has 2 aliphatic carbocycles. The number of nitrogens with zero attached hydrogens (tertiary/aromatic N) is 1. The van der Waals surface area contributed by atoms with Gasteiger partial charge in [-0.15, -0.1) is 0 Å². The van der Waals surface area contributed by atoms with E-state index in [0.29, 0.717) is 17.2 Å². The minimum Gasteiger partial charge on any atom is -0.328 e. The minimum absolute atomic E-state index is 0.160. The van der Waals surface area contributed by atoms with Crippen molar-refractivity contribution in [3.05, 3.63) is 0 Å². The zero-order chi connectivity index (χ0) is 12.1. The molecule has 1 spiro atoms. The third-order valence-corrected chi connectivity index (χ3v) is 5.38. The van der Waals surface area contributed by atoms with Gasteiger partial charge in [-0.2, -0.15) is 0 Å². The smallest absolute Gasteiger partial charge is 0.243 e. The second-order valence-corrected chi connectivity index (χ2v) is 6.64. The average Bonchev–Trinajstić information content (AvgIpc) is 2.84. The van der Waals surface area contributed by atoms with Crippen LogP contribution in [0.4, 0.5) is 0 Å². The molecule has 1 heterocycles. The number of carbonyl (C=O) groups is 1. The average molecular weight is 236 g/mol. The van der Waals surface area contributed by atoms with Crippen molar-refractivity contribution >= 4 is 5.91 Å². The topological polar surface area (TPSA) is 32.3 Å². The zero-order valence-electron chi connectivity index (χ0n) is 11.1. The summed E-state index contributed by atoms with van der Waals surface area (Å²) in [5.74, 6) is 1.09. The maximum Gasteiger partial charge on any atom is 0.243 e. The second kappa shape index (κ2) is 3.71. The van der Waals surface area contributed by atoms with Crippen molar-refractivity contribution in [2.75, 3.05) is 13.2 Å². The van der Waals surface area contributed by atoms with Gasteiger partial charge in [-0.25, -0.2) is 0 Å². The molecule has 0 radical (unpaired) electrons. The van der Waals surface area contributed by atoms with E-state index in [1.807, 2.05) is 0 Å². The van der Waals surface area contributed by atoms with Crippen LogP contribution in [-0.4, -0.2) is 29.6 Å². The highest BCUT2D eigenvalue weighted by molar-refractivity contribution is 5.88. The van der Waals surface area contributed by atoms with E-state index in [4.69, 9.17) is 0 Å². The summed E-state index contributed by atoms with van der Waals surface area (Å²) >= 11 is 0. The van der Waals surface area contributed by atoms with Crippen LogP contribution in [0.15, 0.2) is 0 Å². The molecule has 1 saturated heterocycles. The highest BCUT2D eigenvalue weighted by Crippen LogP contribution is 2.53. The first kappa shape index (κ1) is 11.5. The molecule has 17 heavy (non-hydrogen) atoms. The van der Waals surface area contributed by atoms with Gasteiger partial charge in [-0.3, -0.25) is 10.1 Å². The normalized spacial score (nSPS) is 29.6. The fraction of sp³-hybridized carbons (Fsp3) is 0.929. The van der Waals surface area contributed by atoms with Crippen molar-refractivity contribution in [3.63, 3.8) is 0 Å². The summed E-state index contributed by atoms with van der Waals surface area (Å²) in [6, 6.07) is 0. The first-order valence-corrected chi connectivity index (χ1v) is 7.12. The van der Waals surface area contributed by atoms with Gasteiger partial charge in [0, 0.05) is 6.54 Å². The molecule has 2 saturated carbocycles. The molecule has 0 atom stereocenters. The Hall–Kier alpha value is -0.570. The Bertz CT molecular complexity index is 327. The zero-order valence-corrected chi connectivity index (χ0v) is 11.1.